The third-order valence-electron chi connectivity index (χ3n) is 3.67. The number of ether oxygens (including phenoxy) is 1. The van der Waals surface area contributed by atoms with Crippen molar-refractivity contribution in [3.8, 4) is 0 Å². The first-order chi connectivity index (χ1) is 8.40. The quantitative estimate of drug-likeness (QED) is 0.885. The number of aromatic nitrogens is 2. The van der Waals surface area contributed by atoms with Crippen LogP contribution < -0.4 is 5.32 Å². The Morgan fingerprint density at radius 1 is 1.35 bits per heavy atom. The third-order valence-corrected chi connectivity index (χ3v) is 4.58. The van der Waals surface area contributed by atoms with E-state index >= 15 is 0 Å². The third kappa shape index (κ3) is 1.53. The van der Waals surface area contributed by atoms with Crippen LogP contribution in [0.15, 0.2) is 17.8 Å². The maximum Gasteiger partial charge on any atom is 0.147 e. The summed E-state index contributed by atoms with van der Waals surface area (Å²) < 4.78 is 7.00. The molecule has 2 aromatic rings. The van der Waals surface area contributed by atoms with Gasteiger partial charge in [0.2, 0.25) is 0 Å². The standard InChI is InChI=1S/C12H13N3OS/c1-2-10-9(5-7(1)16-10)15-12-11-8(3-4-17-11)13-6-14-12/h3-4,6-7,9-10H,1-2,5H2,(H,13,14,15). The summed E-state index contributed by atoms with van der Waals surface area (Å²) in [5.74, 6) is 0.964. The van der Waals surface area contributed by atoms with E-state index in [9.17, 15) is 0 Å². The van der Waals surface area contributed by atoms with Crippen molar-refractivity contribution in [2.45, 2.75) is 37.5 Å². The monoisotopic (exact) mass is 247 g/mol. The fraction of sp³-hybridized carbons (Fsp3) is 0.500. The predicted octanol–water partition coefficient (Wildman–Crippen LogP) is 2.42. The highest BCUT2D eigenvalue weighted by Gasteiger charge is 2.40. The molecule has 2 aliphatic rings. The van der Waals surface area contributed by atoms with Crippen molar-refractivity contribution >= 4 is 27.4 Å². The molecule has 2 saturated heterocycles. The topological polar surface area (TPSA) is 47.0 Å². The van der Waals surface area contributed by atoms with Crippen molar-refractivity contribution in [3.63, 3.8) is 0 Å². The molecular formula is C12H13N3OS. The lowest BCUT2D eigenvalue weighted by molar-refractivity contribution is 0.102. The van der Waals surface area contributed by atoms with Crippen LogP contribution in [0, 0.1) is 0 Å². The summed E-state index contributed by atoms with van der Waals surface area (Å²) in [5.41, 5.74) is 1.02. The van der Waals surface area contributed by atoms with Crippen molar-refractivity contribution < 1.29 is 4.74 Å². The SMILES string of the molecule is c1nc(NC2CC3CCC2O3)c2sccc2n1. The Labute approximate surface area is 103 Å². The smallest absolute Gasteiger partial charge is 0.147 e. The summed E-state index contributed by atoms with van der Waals surface area (Å²) in [5, 5.41) is 5.59. The number of hydrogen-bond donors (Lipinski definition) is 1. The van der Waals surface area contributed by atoms with Gasteiger partial charge in [0, 0.05) is 0 Å². The van der Waals surface area contributed by atoms with Gasteiger partial charge in [0.05, 0.1) is 28.5 Å². The van der Waals surface area contributed by atoms with Gasteiger partial charge in [0.15, 0.2) is 0 Å². The van der Waals surface area contributed by atoms with Crippen molar-refractivity contribution in [2.75, 3.05) is 5.32 Å². The van der Waals surface area contributed by atoms with Crippen LogP contribution in [-0.2, 0) is 4.74 Å². The van der Waals surface area contributed by atoms with Crippen LogP contribution in [-0.4, -0.2) is 28.2 Å². The molecule has 88 valence electrons. The molecule has 5 heteroatoms. The fourth-order valence-electron chi connectivity index (χ4n) is 2.86. The second kappa shape index (κ2) is 3.65. The zero-order valence-electron chi connectivity index (χ0n) is 9.30. The lowest BCUT2D eigenvalue weighted by atomic mass is 9.95. The van der Waals surface area contributed by atoms with E-state index < -0.39 is 0 Å². The summed E-state index contributed by atoms with van der Waals surface area (Å²) >= 11 is 1.69. The molecule has 0 amide bonds. The second-order valence-electron chi connectivity index (χ2n) is 4.72. The van der Waals surface area contributed by atoms with Gasteiger partial charge in [-0.25, -0.2) is 9.97 Å². The molecule has 17 heavy (non-hydrogen) atoms. The minimum absolute atomic E-state index is 0.380. The maximum atomic E-state index is 5.85. The summed E-state index contributed by atoms with van der Waals surface area (Å²) in [6.07, 6.45) is 6.00. The number of rotatable bonds is 2. The van der Waals surface area contributed by atoms with Crippen molar-refractivity contribution in [1.82, 2.24) is 9.97 Å². The highest BCUT2D eigenvalue weighted by Crippen LogP contribution is 2.36. The van der Waals surface area contributed by atoms with E-state index in [2.05, 4.69) is 20.7 Å². The molecule has 3 unspecified atom stereocenters. The van der Waals surface area contributed by atoms with Gasteiger partial charge >= 0.3 is 0 Å². The van der Waals surface area contributed by atoms with Crippen molar-refractivity contribution in [3.05, 3.63) is 17.8 Å². The molecule has 2 bridgehead atoms. The number of nitrogens with zero attached hydrogens (tertiary/aromatic N) is 2. The Balaban J connectivity index is 1.65. The van der Waals surface area contributed by atoms with Crippen LogP contribution in [0.1, 0.15) is 19.3 Å². The zero-order chi connectivity index (χ0) is 11.2. The largest absolute Gasteiger partial charge is 0.373 e. The van der Waals surface area contributed by atoms with E-state index in [0.29, 0.717) is 18.2 Å². The normalized spacial score (nSPS) is 31.2. The molecule has 0 aliphatic carbocycles. The lowest BCUT2D eigenvalue weighted by Crippen LogP contribution is -2.30. The Kier molecular flexibility index (Phi) is 2.10. The highest BCUT2D eigenvalue weighted by atomic mass is 32.1. The van der Waals surface area contributed by atoms with Crippen molar-refractivity contribution in [2.24, 2.45) is 0 Å². The molecule has 2 aliphatic heterocycles. The molecule has 0 aromatic carbocycles. The van der Waals surface area contributed by atoms with E-state index in [1.807, 2.05) is 6.07 Å². The van der Waals surface area contributed by atoms with E-state index in [1.54, 1.807) is 17.7 Å². The van der Waals surface area contributed by atoms with Gasteiger partial charge in [-0.3, -0.25) is 0 Å². The van der Waals surface area contributed by atoms with Crippen LogP contribution in [0.2, 0.25) is 0 Å². The number of hydrogen-bond acceptors (Lipinski definition) is 5. The van der Waals surface area contributed by atoms with Crippen molar-refractivity contribution in [1.29, 1.82) is 0 Å². The molecule has 2 aromatic heterocycles. The van der Waals surface area contributed by atoms with Gasteiger partial charge in [-0.15, -0.1) is 11.3 Å². The number of thiophene rings is 1. The Hall–Kier alpha value is -1.20. The first kappa shape index (κ1) is 9.79. The highest BCUT2D eigenvalue weighted by molar-refractivity contribution is 7.17. The van der Waals surface area contributed by atoms with Gasteiger partial charge in [0.25, 0.3) is 0 Å². The predicted molar refractivity (Wildman–Crippen MR) is 67.3 cm³/mol. The first-order valence-electron chi connectivity index (χ1n) is 6.00. The summed E-state index contributed by atoms with van der Waals surface area (Å²) in [6, 6.07) is 2.46. The molecule has 0 radical (unpaired) electrons. The van der Waals surface area contributed by atoms with Gasteiger partial charge < -0.3 is 10.1 Å². The molecule has 3 atom stereocenters. The van der Waals surface area contributed by atoms with Gasteiger partial charge in [-0.2, -0.15) is 0 Å². The first-order valence-corrected chi connectivity index (χ1v) is 6.88. The number of nitrogens with one attached hydrogen (secondary N) is 1. The summed E-state index contributed by atoms with van der Waals surface area (Å²) in [4.78, 5) is 8.61. The van der Waals surface area contributed by atoms with E-state index in [-0.39, 0.29) is 0 Å². The molecule has 4 nitrogen and oxygen atoms in total. The second-order valence-corrected chi connectivity index (χ2v) is 5.63. The van der Waals surface area contributed by atoms with Gasteiger partial charge in [-0.05, 0) is 30.7 Å². The fourth-order valence-corrected chi connectivity index (χ4v) is 3.65. The molecule has 4 rings (SSSR count). The van der Waals surface area contributed by atoms with Crippen LogP contribution >= 0.6 is 11.3 Å². The van der Waals surface area contributed by atoms with E-state index in [0.717, 1.165) is 22.5 Å². The van der Waals surface area contributed by atoms with Gasteiger partial charge in [0.1, 0.15) is 12.1 Å². The van der Waals surface area contributed by atoms with Crippen LogP contribution in [0.3, 0.4) is 0 Å². The van der Waals surface area contributed by atoms with E-state index in [4.69, 9.17) is 4.74 Å². The van der Waals surface area contributed by atoms with Gasteiger partial charge in [-0.1, -0.05) is 0 Å². The molecule has 1 N–H and O–H groups in total. The lowest BCUT2D eigenvalue weighted by Gasteiger charge is -2.20. The Morgan fingerprint density at radius 3 is 3.18 bits per heavy atom. The minimum atomic E-state index is 0.380. The molecular weight excluding hydrogens is 234 g/mol. The molecule has 0 spiro atoms. The van der Waals surface area contributed by atoms with E-state index in [1.165, 1.54) is 12.8 Å². The number of fused-ring (bicyclic) bond motifs is 3. The summed E-state index contributed by atoms with van der Waals surface area (Å²) in [6.45, 7) is 0. The number of anilines is 1. The Bertz CT molecular complexity index is 555. The average Bonchev–Trinajstić information content (AvgIpc) is 3.04. The summed E-state index contributed by atoms with van der Waals surface area (Å²) in [7, 11) is 0. The molecule has 2 fully saturated rings. The minimum Gasteiger partial charge on any atom is -0.373 e. The molecule has 0 saturated carbocycles. The Morgan fingerprint density at radius 2 is 2.35 bits per heavy atom. The molecule has 4 heterocycles. The zero-order valence-corrected chi connectivity index (χ0v) is 10.1. The van der Waals surface area contributed by atoms with Crippen LogP contribution in [0.5, 0.6) is 0 Å². The van der Waals surface area contributed by atoms with Crippen LogP contribution in [0.25, 0.3) is 10.2 Å². The van der Waals surface area contributed by atoms with Crippen LogP contribution in [0.4, 0.5) is 5.82 Å². The average molecular weight is 247 g/mol. The maximum absolute atomic E-state index is 5.85.